The third kappa shape index (κ3) is 13.1. The number of carbonyl (C=O) groups is 2. The molecule has 158 valence electrons. The van der Waals surface area contributed by atoms with Gasteiger partial charge in [-0.25, -0.2) is 0 Å². The van der Waals surface area contributed by atoms with E-state index < -0.39 is 11.9 Å². The second kappa shape index (κ2) is 15.7. The van der Waals surface area contributed by atoms with Crippen molar-refractivity contribution in [1.82, 2.24) is 0 Å². The number of halogens is 2. The first-order valence-corrected chi connectivity index (χ1v) is 9.62. The van der Waals surface area contributed by atoms with Crippen LogP contribution < -0.4 is 15.5 Å². The molecule has 2 radical (unpaired) electrons. The van der Waals surface area contributed by atoms with Crippen molar-refractivity contribution in [1.29, 1.82) is 0 Å². The van der Waals surface area contributed by atoms with Gasteiger partial charge in [-0.15, -0.1) is 0 Å². The second-order valence-electron chi connectivity index (χ2n) is 5.64. The number of carboxylic acid groups (broad SMARTS) is 2. The molecule has 0 aliphatic rings. The topological polar surface area (TPSA) is 92.3 Å². The van der Waals surface area contributed by atoms with Crippen molar-refractivity contribution in [3.05, 3.63) is 100 Å². The van der Waals surface area contributed by atoms with Crippen LogP contribution in [0.5, 0.6) is 0 Å². The summed E-state index contributed by atoms with van der Waals surface area (Å²) in [5.74, 6) is -2.37. The summed E-state index contributed by atoms with van der Waals surface area (Å²) >= 11 is 15.9. The van der Waals surface area contributed by atoms with Gasteiger partial charge in [0.25, 0.3) is 0 Å². The predicted octanol–water partition coefficient (Wildman–Crippen LogP) is 3.47. The van der Waals surface area contributed by atoms with E-state index in [0.29, 0.717) is 10.0 Å². The number of nitrogens with one attached hydrogen (secondary N) is 1. The Balaban J connectivity index is 0.000000429. The van der Waals surface area contributed by atoms with Crippen molar-refractivity contribution in [3.63, 3.8) is 0 Å². The molecule has 9 heteroatoms. The second-order valence-corrected chi connectivity index (χ2v) is 7.12. The van der Waals surface area contributed by atoms with Crippen molar-refractivity contribution in [2.45, 2.75) is 6.92 Å². The van der Waals surface area contributed by atoms with Crippen LogP contribution in [-0.2, 0) is 0 Å². The number of carbonyl (C=O) groups excluding carboxylic acids is 2. The molecule has 3 aromatic rings. The maximum absolute atomic E-state index is 10.2. The minimum absolute atomic E-state index is 0. The molecule has 0 aliphatic carbocycles. The zero-order chi connectivity index (χ0) is 22.5. The summed E-state index contributed by atoms with van der Waals surface area (Å²) in [5, 5.41) is 24.4. The number of thiocarbonyl (C=S) groups is 1. The van der Waals surface area contributed by atoms with Gasteiger partial charge >= 0.3 is 27.3 Å². The number of rotatable bonds is 3. The van der Waals surface area contributed by atoms with Gasteiger partial charge in [-0.3, -0.25) is 0 Å². The summed E-state index contributed by atoms with van der Waals surface area (Å²) in [7, 11) is 0. The summed E-state index contributed by atoms with van der Waals surface area (Å²) in [4.78, 5) is 21.1. The summed E-state index contributed by atoms with van der Waals surface area (Å²) in [6.45, 7) is 1.86. The first kappa shape index (κ1) is 29.0. The molecule has 5 nitrogen and oxygen atoms in total. The molecule has 0 atom stereocenters. The van der Waals surface area contributed by atoms with Gasteiger partial charge in [0, 0.05) is 15.7 Å². The van der Waals surface area contributed by atoms with Crippen molar-refractivity contribution in [2.75, 3.05) is 5.32 Å². The zero-order valence-corrected chi connectivity index (χ0v) is 22.5. The van der Waals surface area contributed by atoms with Crippen molar-refractivity contribution in [2.24, 2.45) is 0 Å². The summed E-state index contributed by atoms with van der Waals surface area (Å²) in [6, 6.07) is 21.5. The summed E-state index contributed by atoms with van der Waals surface area (Å²) < 4.78 is 0. The molecule has 0 spiro atoms. The fourth-order valence-corrected chi connectivity index (χ4v) is 2.27. The van der Waals surface area contributed by atoms with Gasteiger partial charge in [0.1, 0.15) is 0 Å². The number of anilines is 1. The van der Waals surface area contributed by atoms with Crippen LogP contribution in [-0.4, -0.2) is 44.2 Å². The van der Waals surface area contributed by atoms with E-state index in [2.05, 4.69) is 5.32 Å². The minimum Gasteiger partial charge on any atom is -0.545 e. The summed E-state index contributed by atoms with van der Waals surface area (Å²) in [6.07, 6.45) is 0. The molecular weight excluding hydrogens is 652 g/mol. The van der Waals surface area contributed by atoms with E-state index in [1.54, 1.807) is 0 Å². The van der Waals surface area contributed by atoms with Crippen LogP contribution in [0.1, 0.15) is 27.6 Å². The Morgan fingerprint density at radius 2 is 1.10 bits per heavy atom. The van der Waals surface area contributed by atoms with E-state index in [1.165, 1.54) is 48.5 Å². The van der Waals surface area contributed by atoms with Crippen molar-refractivity contribution >= 4 is 85.3 Å². The number of hydrogen-bond acceptors (Lipinski definition) is 5. The Hall–Kier alpha value is -2.01. The molecule has 0 unspecified atom stereocenters. The van der Waals surface area contributed by atoms with E-state index in [4.69, 9.17) is 35.4 Å². The Morgan fingerprint density at radius 3 is 1.39 bits per heavy atom. The third-order valence-electron chi connectivity index (χ3n) is 3.25. The smallest absolute Gasteiger partial charge is 0.545 e. The SMILES string of the molecule is CC(=S)Nc1ccccc1.O=C([O-])c1ccc(Cl)cc1.O=C([O-])c1ccc(Cl)cc1.[Pb+2]. The van der Waals surface area contributed by atoms with Crippen LogP contribution in [0.4, 0.5) is 5.69 Å². The van der Waals surface area contributed by atoms with E-state index in [9.17, 15) is 19.8 Å². The maximum Gasteiger partial charge on any atom is 2.00 e. The average Bonchev–Trinajstić information content (AvgIpc) is 2.70. The van der Waals surface area contributed by atoms with Gasteiger partial charge in [-0.1, -0.05) is 77.9 Å². The maximum atomic E-state index is 10.2. The van der Waals surface area contributed by atoms with Gasteiger partial charge < -0.3 is 25.1 Å². The van der Waals surface area contributed by atoms with Crippen LogP contribution in [0.25, 0.3) is 0 Å². The largest absolute Gasteiger partial charge is 2.00 e. The van der Waals surface area contributed by atoms with Gasteiger partial charge in [0.05, 0.1) is 16.9 Å². The molecule has 0 amide bonds. The number of benzene rings is 3. The van der Waals surface area contributed by atoms with Gasteiger partial charge in [0.2, 0.25) is 0 Å². The third-order valence-corrected chi connectivity index (χ3v) is 3.86. The Morgan fingerprint density at radius 1 is 0.742 bits per heavy atom. The zero-order valence-electron chi connectivity index (χ0n) is 16.3. The van der Waals surface area contributed by atoms with E-state index in [0.717, 1.165) is 10.7 Å². The van der Waals surface area contributed by atoms with E-state index >= 15 is 0 Å². The van der Waals surface area contributed by atoms with Crippen LogP contribution in [0, 0.1) is 0 Å². The molecule has 0 aliphatic heterocycles. The fraction of sp³-hybridized carbons (Fsp3) is 0.0455. The first-order valence-electron chi connectivity index (χ1n) is 8.45. The molecular formula is C22H17Cl2NO4PbS. The normalized spacial score (nSPS) is 8.87. The van der Waals surface area contributed by atoms with Crippen molar-refractivity contribution < 1.29 is 19.8 Å². The molecule has 0 saturated carbocycles. The number of carboxylic acids is 2. The monoisotopic (exact) mass is 669 g/mol. The Kier molecular flexibility index (Phi) is 14.7. The molecule has 3 rings (SSSR count). The van der Waals surface area contributed by atoms with Gasteiger partial charge in [0.15, 0.2) is 0 Å². The Labute approximate surface area is 216 Å². The van der Waals surface area contributed by atoms with Gasteiger partial charge in [-0.2, -0.15) is 0 Å². The molecule has 0 saturated heterocycles. The van der Waals surface area contributed by atoms with Crippen LogP contribution in [0.15, 0.2) is 78.9 Å². The molecule has 0 aromatic heterocycles. The van der Waals surface area contributed by atoms with Gasteiger partial charge in [-0.05, 0) is 54.4 Å². The molecule has 0 heterocycles. The minimum atomic E-state index is -1.18. The average molecular weight is 670 g/mol. The number of hydrogen-bond donors (Lipinski definition) is 1. The van der Waals surface area contributed by atoms with E-state index in [-0.39, 0.29) is 38.4 Å². The molecule has 0 fully saturated rings. The van der Waals surface area contributed by atoms with Crippen LogP contribution in [0.3, 0.4) is 0 Å². The number of aromatic carboxylic acids is 2. The Bertz CT molecular complexity index is 914. The quantitative estimate of drug-likeness (QED) is 0.340. The summed E-state index contributed by atoms with van der Waals surface area (Å²) in [5.41, 5.74) is 1.34. The fourth-order valence-electron chi connectivity index (χ4n) is 1.90. The molecule has 0 bridgehead atoms. The molecule has 1 N–H and O–H groups in total. The molecule has 31 heavy (non-hydrogen) atoms. The van der Waals surface area contributed by atoms with Crippen LogP contribution >= 0.6 is 35.4 Å². The molecule has 3 aromatic carbocycles. The standard InChI is InChI=1S/C8H9NS.2C7H5ClO2.Pb/c1-7(10)9-8-5-3-2-4-6-8;2*8-6-3-1-5(2-4-6)7(9)10;/h2-6H,1H3,(H,9,10);2*1-4H,(H,9,10);/q;;;+2/p-2. The first-order chi connectivity index (χ1) is 14.2. The van der Waals surface area contributed by atoms with Crippen molar-refractivity contribution in [3.8, 4) is 0 Å². The van der Waals surface area contributed by atoms with E-state index in [1.807, 2.05) is 37.3 Å². The number of para-hydroxylation sites is 1. The predicted molar refractivity (Wildman–Crippen MR) is 126 cm³/mol. The van der Waals surface area contributed by atoms with Crippen LogP contribution in [0.2, 0.25) is 10.0 Å².